The maximum absolute atomic E-state index is 5.39. The smallest absolute Gasteiger partial charge is 0.192 e. The van der Waals surface area contributed by atoms with Crippen LogP contribution in [0.25, 0.3) is 10.8 Å². The highest BCUT2D eigenvalue weighted by Gasteiger charge is 2.12. The van der Waals surface area contributed by atoms with Crippen LogP contribution in [0.4, 0.5) is 0 Å². The third kappa shape index (κ3) is 5.47. The quantitative estimate of drug-likeness (QED) is 0.275. The fraction of sp³-hybridized carbons (Fsp3) is 0.364. The average molecular weight is 492 g/mol. The van der Waals surface area contributed by atoms with E-state index in [9.17, 15) is 0 Å². The number of nitrogens with one attached hydrogen (secondary N) is 2. The summed E-state index contributed by atoms with van der Waals surface area (Å²) in [5.41, 5.74) is 2.21. The molecule has 5 nitrogen and oxygen atoms in total. The van der Waals surface area contributed by atoms with Gasteiger partial charge in [0.1, 0.15) is 6.54 Å². The van der Waals surface area contributed by atoms with E-state index in [-0.39, 0.29) is 30.0 Å². The van der Waals surface area contributed by atoms with Crippen LogP contribution in [0, 0.1) is 0 Å². The van der Waals surface area contributed by atoms with E-state index in [1.807, 2.05) is 6.07 Å². The van der Waals surface area contributed by atoms with E-state index < -0.39 is 0 Å². The average Bonchev–Trinajstić information content (AvgIpc) is 3.15. The molecule has 1 aromatic heterocycles. The molecule has 0 aliphatic carbocycles. The molecule has 0 aliphatic heterocycles. The lowest BCUT2D eigenvalue weighted by Crippen LogP contribution is -2.38. The van der Waals surface area contributed by atoms with Crippen LogP contribution >= 0.6 is 24.0 Å². The van der Waals surface area contributed by atoms with Gasteiger partial charge in [-0.05, 0) is 36.1 Å². The molecule has 3 rings (SSSR count). The second-order valence-electron chi connectivity index (χ2n) is 7.00. The van der Waals surface area contributed by atoms with Crippen molar-refractivity contribution in [1.82, 2.24) is 15.8 Å². The molecule has 1 heterocycles. The Balaban J connectivity index is 0.00000280. The summed E-state index contributed by atoms with van der Waals surface area (Å²) in [5, 5.41) is 13.4. The molecule has 0 amide bonds. The van der Waals surface area contributed by atoms with Crippen LogP contribution in [-0.2, 0) is 6.54 Å². The van der Waals surface area contributed by atoms with Gasteiger partial charge in [-0.25, -0.2) is 4.99 Å². The van der Waals surface area contributed by atoms with Gasteiger partial charge < -0.3 is 15.2 Å². The third-order valence-corrected chi connectivity index (χ3v) is 4.55. The monoisotopic (exact) mass is 492 g/mol. The summed E-state index contributed by atoms with van der Waals surface area (Å²) < 4.78 is 5.39. The van der Waals surface area contributed by atoms with Crippen molar-refractivity contribution >= 4 is 40.7 Å². The van der Waals surface area contributed by atoms with Crippen LogP contribution in [0.3, 0.4) is 0 Å². The Bertz CT molecular complexity index is 914. The Morgan fingerprint density at radius 1 is 1.11 bits per heavy atom. The van der Waals surface area contributed by atoms with Gasteiger partial charge in [0.15, 0.2) is 11.7 Å². The minimum atomic E-state index is 0. The SMILES string of the molecule is CCNC(=NCc1cc(C(C)C)no1)NC(C)c1cccc2ccccc12.I. The molecule has 2 aromatic carbocycles. The molecule has 0 aliphatic rings. The van der Waals surface area contributed by atoms with Gasteiger partial charge in [0.2, 0.25) is 0 Å². The first-order valence-electron chi connectivity index (χ1n) is 9.56. The minimum Gasteiger partial charge on any atom is -0.359 e. The van der Waals surface area contributed by atoms with Gasteiger partial charge >= 0.3 is 0 Å². The van der Waals surface area contributed by atoms with Gasteiger partial charge in [-0.1, -0.05) is 61.5 Å². The predicted octanol–water partition coefficient (Wildman–Crippen LogP) is 5.39. The molecule has 150 valence electrons. The van der Waals surface area contributed by atoms with E-state index in [0.717, 1.165) is 24.0 Å². The number of hydrogen-bond acceptors (Lipinski definition) is 3. The first-order valence-corrected chi connectivity index (χ1v) is 9.56. The topological polar surface area (TPSA) is 62.5 Å². The van der Waals surface area contributed by atoms with Crippen molar-refractivity contribution < 1.29 is 4.52 Å². The summed E-state index contributed by atoms with van der Waals surface area (Å²) in [6.45, 7) is 9.66. The highest BCUT2D eigenvalue weighted by Crippen LogP contribution is 2.24. The minimum absolute atomic E-state index is 0. The number of guanidine groups is 1. The number of halogens is 1. The van der Waals surface area contributed by atoms with Gasteiger partial charge in [0, 0.05) is 12.6 Å². The summed E-state index contributed by atoms with van der Waals surface area (Å²) in [6.07, 6.45) is 0. The molecule has 1 atom stereocenters. The third-order valence-electron chi connectivity index (χ3n) is 4.55. The largest absolute Gasteiger partial charge is 0.359 e. The van der Waals surface area contributed by atoms with Crippen LogP contribution < -0.4 is 10.6 Å². The van der Waals surface area contributed by atoms with E-state index in [0.29, 0.717) is 12.5 Å². The van der Waals surface area contributed by atoms with Crippen molar-refractivity contribution in [3.05, 3.63) is 65.5 Å². The van der Waals surface area contributed by atoms with Crippen molar-refractivity contribution in [2.24, 2.45) is 4.99 Å². The van der Waals surface area contributed by atoms with E-state index in [4.69, 9.17) is 4.52 Å². The summed E-state index contributed by atoms with van der Waals surface area (Å²) in [6, 6.07) is 16.9. The van der Waals surface area contributed by atoms with Crippen molar-refractivity contribution in [3.8, 4) is 0 Å². The molecule has 1 unspecified atom stereocenters. The molecule has 28 heavy (non-hydrogen) atoms. The molecule has 0 fully saturated rings. The van der Waals surface area contributed by atoms with E-state index in [1.54, 1.807) is 0 Å². The number of aliphatic imine (C=N–C) groups is 1. The predicted molar refractivity (Wildman–Crippen MR) is 126 cm³/mol. The van der Waals surface area contributed by atoms with Gasteiger partial charge in [-0.2, -0.15) is 0 Å². The van der Waals surface area contributed by atoms with Crippen LogP contribution in [0.15, 0.2) is 58.0 Å². The molecule has 0 spiro atoms. The molecule has 0 saturated carbocycles. The van der Waals surface area contributed by atoms with Crippen molar-refractivity contribution in [2.45, 2.75) is 46.2 Å². The van der Waals surface area contributed by atoms with Gasteiger partial charge in [0.05, 0.1) is 11.7 Å². The zero-order chi connectivity index (χ0) is 19.2. The van der Waals surface area contributed by atoms with Crippen LogP contribution in [0.5, 0.6) is 0 Å². The Morgan fingerprint density at radius 3 is 2.57 bits per heavy atom. The van der Waals surface area contributed by atoms with E-state index in [1.165, 1.54) is 16.3 Å². The molecule has 0 radical (unpaired) electrons. The van der Waals surface area contributed by atoms with E-state index in [2.05, 4.69) is 90.9 Å². The maximum Gasteiger partial charge on any atom is 0.192 e. The van der Waals surface area contributed by atoms with Crippen LogP contribution in [-0.4, -0.2) is 17.7 Å². The molecule has 2 N–H and O–H groups in total. The highest BCUT2D eigenvalue weighted by molar-refractivity contribution is 14.0. The molecule has 0 bridgehead atoms. The molecule has 3 aromatic rings. The molecule has 0 saturated heterocycles. The van der Waals surface area contributed by atoms with Crippen molar-refractivity contribution in [1.29, 1.82) is 0 Å². The Kier molecular flexibility index (Phi) is 8.29. The number of fused-ring (bicyclic) bond motifs is 1. The zero-order valence-corrected chi connectivity index (χ0v) is 19.2. The fourth-order valence-electron chi connectivity index (χ4n) is 3.06. The number of hydrogen-bond donors (Lipinski definition) is 2. The normalized spacial score (nSPS) is 12.7. The van der Waals surface area contributed by atoms with Gasteiger partial charge in [0.25, 0.3) is 0 Å². The van der Waals surface area contributed by atoms with Crippen LogP contribution in [0.1, 0.15) is 56.7 Å². The summed E-state index contributed by atoms with van der Waals surface area (Å²) in [7, 11) is 0. The maximum atomic E-state index is 5.39. The first kappa shape index (κ1) is 22.2. The van der Waals surface area contributed by atoms with Gasteiger partial charge in [-0.3, -0.25) is 0 Å². The van der Waals surface area contributed by atoms with Gasteiger partial charge in [-0.15, -0.1) is 24.0 Å². The van der Waals surface area contributed by atoms with E-state index >= 15 is 0 Å². The number of aromatic nitrogens is 1. The lowest BCUT2D eigenvalue weighted by molar-refractivity contribution is 0.376. The lowest BCUT2D eigenvalue weighted by atomic mass is 10.00. The summed E-state index contributed by atoms with van der Waals surface area (Å²) in [4.78, 5) is 4.66. The van der Waals surface area contributed by atoms with Crippen molar-refractivity contribution in [3.63, 3.8) is 0 Å². The Labute approximate surface area is 184 Å². The highest BCUT2D eigenvalue weighted by atomic mass is 127. The Morgan fingerprint density at radius 2 is 1.86 bits per heavy atom. The number of benzene rings is 2. The zero-order valence-electron chi connectivity index (χ0n) is 16.9. The second kappa shape index (κ2) is 10.5. The Hall–Kier alpha value is -2.09. The number of nitrogens with zero attached hydrogens (tertiary/aromatic N) is 2. The lowest BCUT2D eigenvalue weighted by Gasteiger charge is -2.19. The first-order chi connectivity index (χ1) is 13.1. The van der Waals surface area contributed by atoms with Crippen molar-refractivity contribution in [2.75, 3.05) is 6.54 Å². The summed E-state index contributed by atoms with van der Waals surface area (Å²) >= 11 is 0. The fourth-order valence-corrected chi connectivity index (χ4v) is 3.06. The van der Waals surface area contributed by atoms with Crippen LogP contribution in [0.2, 0.25) is 0 Å². The molecular formula is C22H29IN4O. The summed E-state index contributed by atoms with van der Waals surface area (Å²) in [5.74, 6) is 1.89. The molecular weight excluding hydrogens is 463 g/mol. The molecule has 6 heteroatoms. The second-order valence-corrected chi connectivity index (χ2v) is 7.00. The standard InChI is InChI=1S/C22H28N4O.HI/c1-5-23-22(24-14-18-13-21(15(2)3)26-27-18)25-16(4)19-12-8-10-17-9-6-7-11-20(17)19;/h6-13,15-16H,5,14H2,1-4H3,(H2,23,24,25);1H. The number of rotatable bonds is 6.